The molecule has 0 saturated heterocycles. The second kappa shape index (κ2) is 5.91. The average molecular weight is 357 g/mol. The number of rotatable bonds is 2. The third kappa shape index (κ3) is 2.28. The van der Waals surface area contributed by atoms with E-state index in [1.54, 1.807) is 13.3 Å². The highest BCUT2D eigenvalue weighted by atomic mass is 16.5. The van der Waals surface area contributed by atoms with E-state index in [-0.39, 0.29) is 6.61 Å². The fraction of sp³-hybridized carbons (Fsp3) is 0.100. The fourth-order valence-electron chi connectivity index (χ4n) is 3.33. The van der Waals surface area contributed by atoms with Gasteiger partial charge in [0.15, 0.2) is 11.5 Å². The highest BCUT2D eigenvalue weighted by Crippen LogP contribution is 2.38. The smallest absolute Gasteiger partial charge is 0.344 e. The highest BCUT2D eigenvalue weighted by molar-refractivity contribution is 6.10. The Morgan fingerprint density at radius 3 is 2.63 bits per heavy atom. The largest absolute Gasteiger partial charge is 0.462 e. The standard InChI is InChI=1S/C20H15N5O2/c1-2-27-20(26)16-17-19(24-13-8-4-3-7-12(13)23-17)25-15-10-6-5-9-14(15)21-11-22-18(16)25/h3-11H,2H2,1H3,(H,21,22). The topological polar surface area (TPSA) is 81.4 Å². The number of carbonyl (C=O) groups excluding carboxylic acids is 1. The Labute approximate surface area is 154 Å². The Balaban J connectivity index is 1.96. The Morgan fingerprint density at radius 2 is 1.81 bits per heavy atom. The van der Waals surface area contributed by atoms with E-state index in [9.17, 15) is 4.79 Å². The van der Waals surface area contributed by atoms with Crippen LogP contribution in [0, 0.1) is 0 Å². The van der Waals surface area contributed by atoms with Crippen LogP contribution in [0.2, 0.25) is 0 Å². The van der Waals surface area contributed by atoms with Crippen molar-refractivity contribution >= 4 is 46.0 Å². The van der Waals surface area contributed by atoms with Crippen LogP contribution in [0.1, 0.15) is 17.3 Å². The van der Waals surface area contributed by atoms with Gasteiger partial charge < -0.3 is 10.1 Å². The first-order valence-electron chi connectivity index (χ1n) is 8.64. The minimum atomic E-state index is -0.461. The zero-order chi connectivity index (χ0) is 18.4. The molecule has 0 bridgehead atoms. The number of ether oxygens (including phenoxy) is 1. The van der Waals surface area contributed by atoms with E-state index in [0.717, 1.165) is 16.9 Å². The van der Waals surface area contributed by atoms with Gasteiger partial charge in [-0.3, -0.25) is 4.57 Å². The number of nitrogens with one attached hydrogen (secondary N) is 1. The Kier molecular flexibility index (Phi) is 3.39. The predicted octanol–water partition coefficient (Wildman–Crippen LogP) is 3.84. The van der Waals surface area contributed by atoms with Gasteiger partial charge in [0.1, 0.15) is 11.1 Å². The lowest BCUT2D eigenvalue weighted by atomic mass is 10.2. The molecular formula is C20H15N5O2. The van der Waals surface area contributed by atoms with E-state index in [1.165, 1.54) is 0 Å². The zero-order valence-electron chi connectivity index (χ0n) is 14.5. The van der Waals surface area contributed by atoms with Crippen molar-refractivity contribution in [3.63, 3.8) is 0 Å². The van der Waals surface area contributed by atoms with Gasteiger partial charge in [0.25, 0.3) is 0 Å². The number of esters is 1. The van der Waals surface area contributed by atoms with Crippen LogP contribution in [0.15, 0.2) is 53.5 Å². The molecule has 0 aliphatic carbocycles. The van der Waals surface area contributed by atoms with Crippen molar-refractivity contribution in [2.24, 2.45) is 4.99 Å². The molecule has 0 fully saturated rings. The van der Waals surface area contributed by atoms with E-state index in [0.29, 0.717) is 28.1 Å². The summed E-state index contributed by atoms with van der Waals surface area (Å²) in [5, 5.41) is 3.15. The second-order valence-corrected chi connectivity index (χ2v) is 6.06. The highest BCUT2D eigenvalue weighted by Gasteiger charge is 2.28. The average Bonchev–Trinajstić information content (AvgIpc) is 2.87. The maximum atomic E-state index is 12.8. The monoisotopic (exact) mass is 357 g/mol. The minimum Gasteiger partial charge on any atom is -0.462 e. The number of fused-ring (bicyclic) bond motifs is 6. The molecule has 0 radical (unpaired) electrons. The van der Waals surface area contributed by atoms with Crippen LogP contribution >= 0.6 is 0 Å². The minimum absolute atomic E-state index is 0.268. The lowest BCUT2D eigenvalue weighted by Gasteiger charge is -2.09. The van der Waals surface area contributed by atoms with Crippen LogP contribution in [-0.2, 0) is 4.74 Å². The van der Waals surface area contributed by atoms with Gasteiger partial charge in [0, 0.05) is 0 Å². The lowest BCUT2D eigenvalue weighted by molar-refractivity contribution is 0.0529. The van der Waals surface area contributed by atoms with Crippen molar-refractivity contribution in [1.29, 1.82) is 0 Å². The summed E-state index contributed by atoms with van der Waals surface area (Å²) >= 11 is 0. The Bertz CT molecular complexity index is 1240. The van der Waals surface area contributed by atoms with Crippen molar-refractivity contribution in [1.82, 2.24) is 14.5 Å². The van der Waals surface area contributed by atoms with Crippen LogP contribution in [0.4, 0.5) is 11.5 Å². The first kappa shape index (κ1) is 15.5. The van der Waals surface area contributed by atoms with Gasteiger partial charge in [-0.15, -0.1) is 0 Å². The summed E-state index contributed by atoms with van der Waals surface area (Å²) in [4.78, 5) is 26.7. The van der Waals surface area contributed by atoms with Gasteiger partial charge >= 0.3 is 5.97 Å². The number of anilines is 1. The van der Waals surface area contributed by atoms with Crippen molar-refractivity contribution < 1.29 is 9.53 Å². The van der Waals surface area contributed by atoms with Crippen LogP contribution in [0.25, 0.3) is 27.9 Å². The molecule has 2 aromatic carbocycles. The van der Waals surface area contributed by atoms with Gasteiger partial charge in [0.05, 0.1) is 35.4 Å². The van der Waals surface area contributed by atoms with Crippen LogP contribution in [0.3, 0.4) is 0 Å². The molecule has 0 saturated carbocycles. The van der Waals surface area contributed by atoms with Crippen LogP contribution < -0.4 is 5.32 Å². The van der Waals surface area contributed by atoms with Crippen molar-refractivity contribution in [3.8, 4) is 5.69 Å². The molecule has 7 heteroatoms. The molecule has 0 amide bonds. The second-order valence-electron chi connectivity index (χ2n) is 6.06. The molecule has 4 aromatic rings. The van der Waals surface area contributed by atoms with E-state index >= 15 is 0 Å². The number of nitrogens with zero attached hydrogens (tertiary/aromatic N) is 4. The number of aromatic nitrogens is 3. The van der Waals surface area contributed by atoms with Crippen molar-refractivity contribution in [2.45, 2.75) is 6.92 Å². The molecular weight excluding hydrogens is 342 g/mol. The van der Waals surface area contributed by atoms with E-state index in [2.05, 4.69) is 10.3 Å². The van der Waals surface area contributed by atoms with Gasteiger partial charge in [-0.2, -0.15) is 0 Å². The molecule has 132 valence electrons. The maximum Gasteiger partial charge on any atom is 0.344 e. The van der Waals surface area contributed by atoms with Gasteiger partial charge in [-0.1, -0.05) is 24.3 Å². The molecule has 7 nitrogen and oxygen atoms in total. The fourth-order valence-corrected chi connectivity index (χ4v) is 3.33. The molecule has 1 N–H and O–H groups in total. The number of para-hydroxylation sites is 4. The first-order chi connectivity index (χ1) is 13.3. The lowest BCUT2D eigenvalue weighted by Crippen LogP contribution is -2.05. The van der Waals surface area contributed by atoms with Crippen molar-refractivity contribution in [2.75, 3.05) is 11.9 Å². The molecule has 0 unspecified atom stereocenters. The Hall–Kier alpha value is -3.74. The van der Waals surface area contributed by atoms with Gasteiger partial charge in [-0.25, -0.2) is 19.8 Å². The van der Waals surface area contributed by atoms with Gasteiger partial charge in [-0.05, 0) is 31.2 Å². The number of carbonyl (C=O) groups is 1. The molecule has 2 aromatic heterocycles. The number of hydrogen-bond acceptors (Lipinski definition) is 6. The molecule has 1 aliphatic heterocycles. The first-order valence-corrected chi connectivity index (χ1v) is 8.64. The molecule has 3 heterocycles. The zero-order valence-corrected chi connectivity index (χ0v) is 14.5. The predicted molar refractivity (Wildman–Crippen MR) is 104 cm³/mol. The third-order valence-corrected chi connectivity index (χ3v) is 4.47. The molecule has 0 spiro atoms. The maximum absolute atomic E-state index is 12.8. The van der Waals surface area contributed by atoms with E-state index in [1.807, 2.05) is 53.1 Å². The summed E-state index contributed by atoms with van der Waals surface area (Å²) in [5.41, 5.74) is 4.54. The number of benzene rings is 2. The molecule has 5 rings (SSSR count). The quantitative estimate of drug-likeness (QED) is 0.551. The summed E-state index contributed by atoms with van der Waals surface area (Å²) in [7, 11) is 0. The van der Waals surface area contributed by atoms with E-state index < -0.39 is 5.97 Å². The molecule has 0 atom stereocenters. The van der Waals surface area contributed by atoms with Crippen LogP contribution in [-0.4, -0.2) is 33.4 Å². The summed E-state index contributed by atoms with van der Waals surface area (Å²) in [6, 6.07) is 15.3. The van der Waals surface area contributed by atoms with E-state index in [4.69, 9.17) is 14.7 Å². The summed E-state index contributed by atoms with van der Waals surface area (Å²) in [6.45, 7) is 2.04. The van der Waals surface area contributed by atoms with Crippen molar-refractivity contribution in [3.05, 3.63) is 54.1 Å². The molecule has 1 aliphatic rings. The summed E-state index contributed by atoms with van der Waals surface area (Å²) in [6.07, 6.45) is 1.57. The molecule has 27 heavy (non-hydrogen) atoms. The van der Waals surface area contributed by atoms with Gasteiger partial charge in [0.2, 0.25) is 0 Å². The number of aliphatic imine (C=N–C) groups is 1. The third-order valence-electron chi connectivity index (χ3n) is 4.47. The SMILES string of the molecule is CCOC(=O)c1c2n(c3nc4ccccc4nc13)-c1ccccc1NC=N2. The van der Waals surface area contributed by atoms with Crippen LogP contribution in [0.5, 0.6) is 0 Å². The normalized spacial score (nSPS) is 12.3. The Morgan fingerprint density at radius 1 is 1.07 bits per heavy atom. The summed E-state index contributed by atoms with van der Waals surface area (Å²) < 4.78 is 7.14. The number of hydrogen-bond donors (Lipinski definition) is 1. The summed E-state index contributed by atoms with van der Waals surface area (Å²) in [5.74, 6) is -0.00596.